The number of carbonyl (C=O) groups excluding carboxylic acids is 3. The average Bonchev–Trinajstić information content (AvgIpc) is 2.69. The predicted molar refractivity (Wildman–Crippen MR) is 113 cm³/mol. The molecule has 1 unspecified atom stereocenters. The topological polar surface area (TPSA) is 79.0 Å². The number of anilines is 1. The van der Waals surface area contributed by atoms with E-state index in [2.05, 4.69) is 5.32 Å². The van der Waals surface area contributed by atoms with E-state index in [4.69, 9.17) is 27.9 Å². The van der Waals surface area contributed by atoms with Crippen molar-refractivity contribution in [3.63, 3.8) is 0 Å². The summed E-state index contributed by atoms with van der Waals surface area (Å²) >= 11 is 11.8. The molecule has 1 aliphatic rings. The summed E-state index contributed by atoms with van der Waals surface area (Å²) < 4.78 is 5.06. The first-order valence-corrected chi connectivity index (χ1v) is 10.4. The van der Waals surface area contributed by atoms with Crippen molar-refractivity contribution in [3.05, 3.63) is 28.2 Å². The smallest absolute Gasteiger partial charge is 0.309 e. The van der Waals surface area contributed by atoms with Crippen LogP contribution in [-0.4, -0.2) is 66.9 Å². The van der Waals surface area contributed by atoms with Crippen molar-refractivity contribution in [2.75, 3.05) is 38.6 Å². The number of halogens is 2. The Bertz CT molecular complexity index is 751. The fourth-order valence-corrected chi connectivity index (χ4v) is 3.48. The van der Waals surface area contributed by atoms with Crippen molar-refractivity contribution in [2.45, 2.75) is 32.7 Å². The van der Waals surface area contributed by atoms with E-state index in [9.17, 15) is 14.4 Å². The maximum atomic E-state index is 12.8. The molecule has 1 N–H and O–H groups in total. The second-order valence-corrected chi connectivity index (χ2v) is 7.93. The number of rotatable bonds is 7. The van der Waals surface area contributed by atoms with Crippen LogP contribution in [0.2, 0.25) is 10.0 Å². The third kappa shape index (κ3) is 6.59. The van der Waals surface area contributed by atoms with Gasteiger partial charge in [-0.3, -0.25) is 19.3 Å². The summed E-state index contributed by atoms with van der Waals surface area (Å²) in [7, 11) is 1.72. The highest BCUT2D eigenvalue weighted by Crippen LogP contribution is 2.25. The Morgan fingerprint density at radius 3 is 2.48 bits per heavy atom. The number of nitrogens with zero attached hydrogens (tertiary/aromatic N) is 2. The highest BCUT2D eigenvalue weighted by molar-refractivity contribution is 6.42. The number of hydrogen-bond acceptors (Lipinski definition) is 5. The molecular formula is C20H27Cl2N3O4. The van der Waals surface area contributed by atoms with Gasteiger partial charge in [0.25, 0.3) is 0 Å². The molecule has 2 amide bonds. The quantitative estimate of drug-likeness (QED) is 0.655. The number of benzene rings is 1. The van der Waals surface area contributed by atoms with Gasteiger partial charge < -0.3 is 15.0 Å². The minimum Gasteiger partial charge on any atom is -0.466 e. The van der Waals surface area contributed by atoms with Crippen LogP contribution < -0.4 is 5.32 Å². The van der Waals surface area contributed by atoms with Gasteiger partial charge in [-0.2, -0.15) is 0 Å². The molecule has 160 valence electrons. The van der Waals surface area contributed by atoms with Crippen molar-refractivity contribution in [1.82, 2.24) is 9.80 Å². The van der Waals surface area contributed by atoms with E-state index in [1.807, 2.05) is 0 Å². The zero-order valence-electron chi connectivity index (χ0n) is 16.9. The van der Waals surface area contributed by atoms with E-state index in [1.54, 1.807) is 48.9 Å². The molecule has 0 saturated carbocycles. The second kappa shape index (κ2) is 10.8. The number of carbonyl (C=O) groups is 3. The first kappa shape index (κ1) is 23.4. The number of nitrogens with one attached hydrogen (secondary N) is 1. The van der Waals surface area contributed by atoms with Gasteiger partial charge in [0.15, 0.2) is 0 Å². The summed E-state index contributed by atoms with van der Waals surface area (Å²) in [5.41, 5.74) is 0.540. The molecule has 1 atom stereocenters. The maximum Gasteiger partial charge on any atom is 0.309 e. The van der Waals surface area contributed by atoms with E-state index in [-0.39, 0.29) is 30.2 Å². The highest BCUT2D eigenvalue weighted by Gasteiger charge is 2.31. The normalized spacial score (nSPS) is 15.9. The van der Waals surface area contributed by atoms with E-state index < -0.39 is 6.04 Å². The van der Waals surface area contributed by atoms with E-state index >= 15 is 0 Å². The third-order valence-corrected chi connectivity index (χ3v) is 5.78. The molecule has 1 saturated heterocycles. The van der Waals surface area contributed by atoms with Crippen molar-refractivity contribution >= 4 is 46.7 Å². The van der Waals surface area contributed by atoms with Crippen LogP contribution in [0.15, 0.2) is 18.2 Å². The van der Waals surface area contributed by atoms with Crippen LogP contribution in [0.5, 0.6) is 0 Å². The summed E-state index contributed by atoms with van der Waals surface area (Å²) in [6, 6.07) is 4.38. The summed E-state index contributed by atoms with van der Waals surface area (Å²) in [5.74, 6) is -0.656. The molecule has 1 aromatic carbocycles. The number of hydrogen-bond donors (Lipinski definition) is 1. The van der Waals surface area contributed by atoms with Gasteiger partial charge in [-0.05, 0) is 51.9 Å². The van der Waals surface area contributed by atoms with E-state index in [0.29, 0.717) is 48.3 Å². The summed E-state index contributed by atoms with van der Waals surface area (Å²) in [4.78, 5) is 40.3. The predicted octanol–water partition coefficient (Wildman–Crippen LogP) is 3.05. The number of ether oxygens (including phenoxy) is 1. The van der Waals surface area contributed by atoms with Crippen LogP contribution in [0, 0.1) is 5.92 Å². The Labute approximate surface area is 181 Å². The van der Waals surface area contributed by atoms with Gasteiger partial charge in [0, 0.05) is 18.8 Å². The molecule has 1 heterocycles. The monoisotopic (exact) mass is 443 g/mol. The van der Waals surface area contributed by atoms with Gasteiger partial charge in [-0.1, -0.05) is 23.2 Å². The largest absolute Gasteiger partial charge is 0.466 e. The van der Waals surface area contributed by atoms with Crippen LogP contribution >= 0.6 is 23.2 Å². The van der Waals surface area contributed by atoms with Gasteiger partial charge in [-0.15, -0.1) is 0 Å². The molecule has 7 nitrogen and oxygen atoms in total. The van der Waals surface area contributed by atoms with Crippen LogP contribution in [0.3, 0.4) is 0 Å². The summed E-state index contributed by atoms with van der Waals surface area (Å²) in [6.07, 6.45) is 1.19. The van der Waals surface area contributed by atoms with Crippen LogP contribution in [0.1, 0.15) is 26.7 Å². The Hall–Kier alpha value is -1.83. The highest BCUT2D eigenvalue weighted by atomic mass is 35.5. The van der Waals surface area contributed by atoms with E-state index in [1.165, 1.54) is 0 Å². The molecule has 2 rings (SSSR count). The van der Waals surface area contributed by atoms with Crippen molar-refractivity contribution < 1.29 is 19.1 Å². The lowest BCUT2D eigenvalue weighted by molar-refractivity contribution is -0.152. The standard InChI is InChI=1S/C20H27Cl2N3O4/c1-4-29-20(28)14-7-9-25(10-8-14)19(27)13(2)24(3)12-18(26)23-15-5-6-16(21)17(22)11-15/h5-6,11,13-14H,4,7-10,12H2,1-3H3,(H,23,26). The molecule has 1 fully saturated rings. The van der Waals surface area contributed by atoms with Gasteiger partial charge >= 0.3 is 5.97 Å². The second-order valence-electron chi connectivity index (χ2n) is 7.12. The number of esters is 1. The number of amides is 2. The molecule has 9 heteroatoms. The molecule has 0 spiro atoms. The van der Waals surface area contributed by atoms with Gasteiger partial charge in [-0.25, -0.2) is 0 Å². The van der Waals surface area contributed by atoms with Crippen molar-refractivity contribution in [2.24, 2.45) is 5.92 Å². The molecule has 1 aromatic rings. The summed E-state index contributed by atoms with van der Waals surface area (Å²) in [5, 5.41) is 3.51. The van der Waals surface area contributed by atoms with Gasteiger partial charge in [0.2, 0.25) is 11.8 Å². The van der Waals surface area contributed by atoms with Crippen LogP contribution in [0.25, 0.3) is 0 Å². The summed E-state index contributed by atoms with van der Waals surface area (Å²) in [6.45, 7) is 4.99. The molecule has 29 heavy (non-hydrogen) atoms. The lowest BCUT2D eigenvalue weighted by Gasteiger charge is -2.34. The first-order valence-electron chi connectivity index (χ1n) is 9.63. The number of piperidine rings is 1. The van der Waals surface area contributed by atoms with Crippen molar-refractivity contribution in [3.8, 4) is 0 Å². The fourth-order valence-electron chi connectivity index (χ4n) is 3.19. The molecule has 0 bridgehead atoms. The lowest BCUT2D eigenvalue weighted by atomic mass is 9.96. The SMILES string of the molecule is CCOC(=O)C1CCN(C(=O)C(C)N(C)CC(=O)Nc2ccc(Cl)c(Cl)c2)CC1. The minimum absolute atomic E-state index is 0.0481. The van der Waals surface area contributed by atoms with E-state index in [0.717, 1.165) is 0 Å². The molecule has 0 radical (unpaired) electrons. The van der Waals surface area contributed by atoms with Gasteiger partial charge in [0.05, 0.1) is 35.2 Å². The minimum atomic E-state index is -0.464. The zero-order valence-corrected chi connectivity index (χ0v) is 18.4. The Balaban J connectivity index is 1.83. The number of likely N-dealkylation sites (N-methyl/N-ethyl adjacent to an activating group) is 1. The Morgan fingerprint density at radius 2 is 1.90 bits per heavy atom. The molecule has 0 aliphatic carbocycles. The van der Waals surface area contributed by atoms with Crippen LogP contribution in [-0.2, 0) is 19.1 Å². The Kier molecular flexibility index (Phi) is 8.74. The molecule has 1 aliphatic heterocycles. The fraction of sp³-hybridized carbons (Fsp3) is 0.550. The molecule has 0 aromatic heterocycles. The maximum absolute atomic E-state index is 12.8. The first-order chi connectivity index (χ1) is 13.7. The lowest BCUT2D eigenvalue weighted by Crippen LogP contribution is -2.50. The van der Waals surface area contributed by atoms with Gasteiger partial charge in [0.1, 0.15) is 0 Å². The van der Waals surface area contributed by atoms with Crippen molar-refractivity contribution in [1.29, 1.82) is 0 Å². The third-order valence-electron chi connectivity index (χ3n) is 5.04. The zero-order chi connectivity index (χ0) is 21.6. The average molecular weight is 444 g/mol. The Morgan fingerprint density at radius 1 is 1.24 bits per heavy atom. The van der Waals surface area contributed by atoms with Crippen LogP contribution in [0.4, 0.5) is 5.69 Å². The molecular weight excluding hydrogens is 417 g/mol. The number of likely N-dealkylation sites (tertiary alicyclic amines) is 1.